The number of aromatic nitrogens is 2. The summed E-state index contributed by atoms with van der Waals surface area (Å²) in [4.78, 5) is 10.9. The number of anilines is 1. The van der Waals surface area contributed by atoms with Gasteiger partial charge in [-0.1, -0.05) is 18.2 Å². The molecule has 1 saturated heterocycles. The number of hydrogen-bond donors (Lipinski definition) is 0. The normalized spacial score (nSPS) is 16.1. The first-order valence-electron chi connectivity index (χ1n) is 8.37. The van der Waals surface area contributed by atoms with E-state index in [0.29, 0.717) is 43.6 Å². The van der Waals surface area contributed by atoms with Gasteiger partial charge in [-0.05, 0) is 19.1 Å². The summed E-state index contributed by atoms with van der Waals surface area (Å²) >= 11 is 0. The maximum absolute atomic E-state index is 12.2. The summed E-state index contributed by atoms with van der Waals surface area (Å²) in [7, 11) is -0.291. The van der Waals surface area contributed by atoms with Crippen LogP contribution in [-0.2, 0) is 10.2 Å². The van der Waals surface area contributed by atoms with Crippen LogP contribution in [0.25, 0.3) is 0 Å². The second-order valence-electron chi connectivity index (χ2n) is 6.20. The molecule has 0 N–H and O–H groups in total. The van der Waals surface area contributed by atoms with E-state index >= 15 is 0 Å². The molecule has 8 nitrogen and oxygen atoms in total. The fraction of sp³-hybridized carbons (Fsp3) is 0.412. The molecule has 0 radical (unpaired) electrons. The number of benzene rings is 1. The summed E-state index contributed by atoms with van der Waals surface area (Å²) in [6.45, 7) is 3.77. The molecule has 9 heteroatoms. The molecule has 0 amide bonds. The van der Waals surface area contributed by atoms with Gasteiger partial charge in [-0.25, -0.2) is 4.98 Å². The van der Waals surface area contributed by atoms with Crippen LogP contribution in [0.3, 0.4) is 0 Å². The lowest BCUT2D eigenvalue weighted by Crippen LogP contribution is -2.51. The molecular weight excluding hydrogens is 354 g/mol. The van der Waals surface area contributed by atoms with E-state index in [1.165, 1.54) is 8.61 Å². The Morgan fingerprint density at radius 2 is 1.69 bits per heavy atom. The van der Waals surface area contributed by atoms with Crippen molar-refractivity contribution in [2.24, 2.45) is 0 Å². The molecule has 0 atom stereocenters. The molecule has 26 heavy (non-hydrogen) atoms. The fourth-order valence-electron chi connectivity index (χ4n) is 2.73. The molecule has 0 bridgehead atoms. The third-order valence-electron chi connectivity index (χ3n) is 4.12. The molecule has 0 spiro atoms. The summed E-state index contributed by atoms with van der Waals surface area (Å²) in [5, 5.41) is 0. The van der Waals surface area contributed by atoms with E-state index in [-0.39, 0.29) is 0 Å². The van der Waals surface area contributed by atoms with Crippen LogP contribution in [0.2, 0.25) is 0 Å². The second-order valence-corrected chi connectivity index (χ2v) is 8.35. The summed E-state index contributed by atoms with van der Waals surface area (Å²) < 4.78 is 33.0. The summed E-state index contributed by atoms with van der Waals surface area (Å²) in [6.07, 6.45) is 0. The first kappa shape index (κ1) is 18.6. The molecule has 2 aromatic rings. The molecule has 1 aliphatic heterocycles. The van der Waals surface area contributed by atoms with E-state index in [2.05, 4.69) is 9.97 Å². The van der Waals surface area contributed by atoms with Crippen molar-refractivity contribution in [1.82, 2.24) is 18.6 Å². The van der Waals surface area contributed by atoms with Gasteiger partial charge >= 0.3 is 0 Å². The van der Waals surface area contributed by atoms with E-state index in [1.807, 2.05) is 42.2 Å². The van der Waals surface area contributed by atoms with Crippen molar-refractivity contribution in [2.45, 2.75) is 6.92 Å². The standard InChI is InChI=1S/C17H23N5O3S/c1-14-18-16(13-17(19-14)25-15-7-5-4-6-8-15)21-9-11-22(12-10-21)26(23,24)20(2)3/h4-8,13H,9-12H2,1-3H3. The monoisotopic (exact) mass is 377 g/mol. The SMILES string of the molecule is Cc1nc(Oc2ccccc2)cc(N2CCN(S(=O)(=O)N(C)C)CC2)n1. The van der Waals surface area contributed by atoms with Gasteiger partial charge in [-0.2, -0.15) is 22.0 Å². The molecule has 3 rings (SSSR count). The minimum atomic E-state index is -3.38. The van der Waals surface area contributed by atoms with E-state index in [1.54, 1.807) is 20.2 Å². The molecule has 2 heterocycles. The average Bonchev–Trinajstić information content (AvgIpc) is 2.62. The van der Waals surface area contributed by atoms with Gasteiger partial charge in [0.05, 0.1) is 0 Å². The van der Waals surface area contributed by atoms with Gasteiger partial charge in [0.25, 0.3) is 10.2 Å². The lowest BCUT2D eigenvalue weighted by atomic mass is 10.3. The molecule has 1 aliphatic rings. The van der Waals surface area contributed by atoms with Crippen LogP contribution in [0.5, 0.6) is 11.6 Å². The van der Waals surface area contributed by atoms with Crippen LogP contribution in [-0.4, -0.2) is 67.3 Å². The van der Waals surface area contributed by atoms with Gasteiger partial charge in [0.2, 0.25) is 5.88 Å². The number of para-hydroxylation sites is 1. The van der Waals surface area contributed by atoms with Gasteiger partial charge in [0, 0.05) is 46.3 Å². The molecule has 0 unspecified atom stereocenters. The number of hydrogen-bond acceptors (Lipinski definition) is 6. The molecule has 0 saturated carbocycles. The topological polar surface area (TPSA) is 78.9 Å². The number of nitrogens with zero attached hydrogens (tertiary/aromatic N) is 5. The molecule has 140 valence electrons. The summed E-state index contributed by atoms with van der Waals surface area (Å²) in [6, 6.07) is 11.2. The van der Waals surface area contributed by atoms with E-state index < -0.39 is 10.2 Å². The number of rotatable bonds is 5. The summed E-state index contributed by atoms with van der Waals surface area (Å²) in [5.74, 6) is 2.53. The zero-order chi connectivity index (χ0) is 18.7. The third kappa shape index (κ3) is 4.12. The lowest BCUT2D eigenvalue weighted by molar-refractivity contribution is 0.354. The van der Waals surface area contributed by atoms with Crippen LogP contribution in [0, 0.1) is 6.92 Å². The van der Waals surface area contributed by atoms with Gasteiger partial charge in [-0.3, -0.25) is 0 Å². The Kier molecular flexibility index (Phi) is 5.40. The fourth-order valence-corrected chi connectivity index (χ4v) is 3.81. The second kappa shape index (κ2) is 7.56. The Balaban J connectivity index is 1.73. The van der Waals surface area contributed by atoms with Crippen LogP contribution < -0.4 is 9.64 Å². The third-order valence-corrected chi connectivity index (χ3v) is 6.06. The predicted molar refractivity (Wildman–Crippen MR) is 99.7 cm³/mol. The highest BCUT2D eigenvalue weighted by atomic mass is 32.2. The highest BCUT2D eigenvalue weighted by Gasteiger charge is 2.29. The first-order valence-corrected chi connectivity index (χ1v) is 9.77. The van der Waals surface area contributed by atoms with Crippen LogP contribution in [0.1, 0.15) is 5.82 Å². The van der Waals surface area contributed by atoms with Crippen molar-refractivity contribution in [3.05, 3.63) is 42.2 Å². The van der Waals surface area contributed by atoms with Crippen LogP contribution >= 0.6 is 0 Å². The number of ether oxygens (including phenoxy) is 1. The van der Waals surface area contributed by atoms with Crippen molar-refractivity contribution in [2.75, 3.05) is 45.2 Å². The van der Waals surface area contributed by atoms with Gasteiger partial charge in [-0.15, -0.1) is 0 Å². The minimum Gasteiger partial charge on any atom is -0.439 e. The quantitative estimate of drug-likeness (QED) is 0.786. The van der Waals surface area contributed by atoms with Crippen LogP contribution in [0.4, 0.5) is 5.82 Å². The Morgan fingerprint density at radius 1 is 1.04 bits per heavy atom. The van der Waals surface area contributed by atoms with Crippen LogP contribution in [0.15, 0.2) is 36.4 Å². The van der Waals surface area contributed by atoms with Gasteiger partial charge in [0.1, 0.15) is 17.4 Å². The Bertz CT molecular complexity index is 850. The highest BCUT2D eigenvalue weighted by molar-refractivity contribution is 7.86. The smallest absolute Gasteiger partial charge is 0.281 e. The largest absolute Gasteiger partial charge is 0.439 e. The summed E-state index contributed by atoms with van der Waals surface area (Å²) in [5.41, 5.74) is 0. The Labute approximate surface area is 154 Å². The first-order chi connectivity index (χ1) is 12.4. The maximum atomic E-state index is 12.2. The van der Waals surface area contributed by atoms with Gasteiger partial charge in [0.15, 0.2) is 0 Å². The molecule has 0 aliphatic carbocycles. The average molecular weight is 377 g/mol. The number of piperazine rings is 1. The number of aryl methyl sites for hydroxylation is 1. The molecule has 1 aromatic heterocycles. The molecule has 1 aromatic carbocycles. The van der Waals surface area contributed by atoms with Crippen molar-refractivity contribution in [1.29, 1.82) is 0 Å². The van der Waals surface area contributed by atoms with E-state index in [9.17, 15) is 8.42 Å². The van der Waals surface area contributed by atoms with Crippen molar-refractivity contribution in [3.63, 3.8) is 0 Å². The lowest BCUT2D eigenvalue weighted by Gasteiger charge is -2.35. The van der Waals surface area contributed by atoms with Gasteiger partial charge < -0.3 is 9.64 Å². The zero-order valence-corrected chi connectivity index (χ0v) is 16.0. The Hall–Kier alpha value is -2.23. The highest BCUT2D eigenvalue weighted by Crippen LogP contribution is 2.24. The molecular formula is C17H23N5O3S. The van der Waals surface area contributed by atoms with E-state index in [4.69, 9.17) is 4.74 Å². The van der Waals surface area contributed by atoms with E-state index in [0.717, 1.165) is 5.82 Å². The predicted octanol–water partition coefficient (Wildman–Crippen LogP) is 1.51. The molecule has 1 fully saturated rings. The Morgan fingerprint density at radius 3 is 2.31 bits per heavy atom. The van der Waals surface area contributed by atoms with Crippen molar-refractivity contribution in [3.8, 4) is 11.6 Å². The van der Waals surface area contributed by atoms with Crippen molar-refractivity contribution < 1.29 is 13.2 Å². The minimum absolute atomic E-state index is 0.415. The maximum Gasteiger partial charge on any atom is 0.281 e. The van der Waals surface area contributed by atoms with Crippen molar-refractivity contribution >= 4 is 16.0 Å². The zero-order valence-electron chi connectivity index (χ0n) is 15.2.